The lowest BCUT2D eigenvalue weighted by Crippen LogP contribution is -2.02. The van der Waals surface area contributed by atoms with E-state index in [4.69, 9.17) is 25.5 Å². The van der Waals surface area contributed by atoms with E-state index in [1.54, 1.807) is 44.6 Å². The molecule has 0 atom stereocenters. The molecule has 0 amide bonds. The maximum Gasteiger partial charge on any atom is 0.348 e. The van der Waals surface area contributed by atoms with Crippen LogP contribution in [-0.2, 0) is 0 Å². The van der Waals surface area contributed by atoms with Crippen LogP contribution in [0.1, 0.15) is 0 Å². The molecule has 0 radical (unpaired) electrons. The lowest BCUT2D eigenvalue weighted by Gasteiger charge is -2.09. The van der Waals surface area contributed by atoms with E-state index in [2.05, 4.69) is 4.98 Å². The highest BCUT2D eigenvalue weighted by Gasteiger charge is 2.17. The molecule has 0 bridgehead atoms. The zero-order chi connectivity index (χ0) is 19.0. The second-order valence-corrected chi connectivity index (χ2v) is 7.01. The third-order valence-corrected chi connectivity index (χ3v) is 5.24. The van der Waals surface area contributed by atoms with Crippen molar-refractivity contribution < 1.29 is 13.9 Å². The first-order chi connectivity index (χ1) is 13.1. The lowest BCUT2D eigenvalue weighted by molar-refractivity contribution is 0.355. The molecule has 0 spiro atoms. The molecule has 0 aliphatic rings. The van der Waals surface area contributed by atoms with Gasteiger partial charge < -0.3 is 13.9 Å². The van der Waals surface area contributed by atoms with Crippen LogP contribution in [0, 0.1) is 0 Å². The van der Waals surface area contributed by atoms with Crippen LogP contribution in [0.15, 0.2) is 57.1 Å². The Labute approximate surface area is 163 Å². The number of hydrogen-bond acceptors (Lipinski definition) is 6. The van der Waals surface area contributed by atoms with Crippen LogP contribution in [0.25, 0.3) is 32.8 Å². The molecular weight excluding hydrogens is 386 g/mol. The van der Waals surface area contributed by atoms with Crippen LogP contribution in [0.3, 0.4) is 0 Å². The zero-order valence-corrected chi connectivity index (χ0v) is 16.1. The second kappa shape index (κ2) is 7.06. The molecule has 2 heterocycles. The molecule has 2 aromatic carbocycles. The summed E-state index contributed by atoms with van der Waals surface area (Å²) in [5, 5.41) is 2.88. The Morgan fingerprint density at radius 2 is 1.85 bits per heavy atom. The van der Waals surface area contributed by atoms with Crippen LogP contribution in [0.4, 0.5) is 0 Å². The van der Waals surface area contributed by atoms with Crippen molar-refractivity contribution in [3.63, 3.8) is 0 Å². The van der Waals surface area contributed by atoms with Gasteiger partial charge in [-0.3, -0.25) is 0 Å². The predicted octanol–water partition coefficient (Wildman–Crippen LogP) is 5.25. The Morgan fingerprint density at radius 3 is 2.59 bits per heavy atom. The number of aromatic nitrogens is 1. The quantitative estimate of drug-likeness (QED) is 0.468. The summed E-state index contributed by atoms with van der Waals surface area (Å²) in [7, 11) is 3.15. The van der Waals surface area contributed by atoms with Gasteiger partial charge in [-0.25, -0.2) is 9.78 Å². The minimum absolute atomic E-state index is 0.246. The van der Waals surface area contributed by atoms with Crippen LogP contribution < -0.4 is 15.1 Å². The molecule has 4 aromatic rings. The van der Waals surface area contributed by atoms with E-state index < -0.39 is 5.63 Å². The summed E-state index contributed by atoms with van der Waals surface area (Å²) < 4.78 is 16.1. The molecule has 27 heavy (non-hydrogen) atoms. The molecule has 0 fully saturated rings. The Bertz CT molecular complexity index is 1200. The number of ether oxygens (including phenoxy) is 2. The number of fused-ring (bicyclic) bond motifs is 1. The first kappa shape index (κ1) is 17.6. The summed E-state index contributed by atoms with van der Waals surface area (Å²) in [6, 6.07) is 12.5. The van der Waals surface area contributed by atoms with Crippen molar-refractivity contribution in [3.8, 4) is 34.1 Å². The van der Waals surface area contributed by atoms with Gasteiger partial charge in [-0.1, -0.05) is 23.7 Å². The smallest absolute Gasteiger partial charge is 0.348 e. The first-order valence-corrected chi connectivity index (χ1v) is 9.27. The first-order valence-electron chi connectivity index (χ1n) is 8.01. The summed E-state index contributed by atoms with van der Waals surface area (Å²) in [5.74, 6) is 1.45. The highest BCUT2D eigenvalue weighted by molar-refractivity contribution is 7.17. The van der Waals surface area contributed by atoms with Crippen LogP contribution in [0.2, 0.25) is 5.02 Å². The molecule has 0 unspecified atom stereocenters. The third-order valence-electron chi connectivity index (χ3n) is 4.13. The molecule has 4 rings (SSSR count). The largest absolute Gasteiger partial charge is 0.493 e. The van der Waals surface area contributed by atoms with Crippen LogP contribution >= 0.6 is 22.9 Å². The SMILES string of the molecule is COc1ccc(-c2csc3nc(-c4cccc(Cl)c4)oc(=O)c23)cc1OC. The van der Waals surface area contributed by atoms with E-state index in [0.29, 0.717) is 32.3 Å². The van der Waals surface area contributed by atoms with Gasteiger partial charge in [0, 0.05) is 21.5 Å². The summed E-state index contributed by atoms with van der Waals surface area (Å²) in [6.07, 6.45) is 0. The van der Waals surface area contributed by atoms with E-state index >= 15 is 0 Å². The van der Waals surface area contributed by atoms with Crippen molar-refractivity contribution in [1.82, 2.24) is 4.98 Å². The third kappa shape index (κ3) is 3.18. The molecule has 0 saturated carbocycles. The number of nitrogens with zero attached hydrogens (tertiary/aromatic N) is 1. The van der Waals surface area contributed by atoms with E-state index in [1.807, 2.05) is 17.5 Å². The molecule has 0 aliphatic carbocycles. The zero-order valence-electron chi connectivity index (χ0n) is 14.5. The monoisotopic (exact) mass is 399 g/mol. The number of thiophene rings is 1. The molecule has 5 nitrogen and oxygen atoms in total. The van der Waals surface area contributed by atoms with Gasteiger partial charge in [0.15, 0.2) is 11.5 Å². The average molecular weight is 400 g/mol. The number of hydrogen-bond donors (Lipinski definition) is 0. The van der Waals surface area contributed by atoms with Gasteiger partial charge in [0.05, 0.1) is 14.2 Å². The van der Waals surface area contributed by atoms with E-state index in [1.165, 1.54) is 11.3 Å². The van der Waals surface area contributed by atoms with E-state index in [0.717, 1.165) is 11.1 Å². The number of halogens is 1. The number of methoxy groups -OCH3 is 2. The topological polar surface area (TPSA) is 61.6 Å². The number of benzene rings is 2. The van der Waals surface area contributed by atoms with Crippen LogP contribution in [0.5, 0.6) is 11.5 Å². The molecular formula is C20H14ClNO4S. The fraction of sp³-hybridized carbons (Fsp3) is 0.100. The van der Waals surface area contributed by atoms with Gasteiger partial charge in [-0.2, -0.15) is 0 Å². The van der Waals surface area contributed by atoms with E-state index in [-0.39, 0.29) is 5.89 Å². The van der Waals surface area contributed by atoms with Crippen LogP contribution in [-0.4, -0.2) is 19.2 Å². The highest BCUT2D eigenvalue weighted by atomic mass is 35.5. The van der Waals surface area contributed by atoms with Crippen molar-refractivity contribution in [2.75, 3.05) is 14.2 Å². The fourth-order valence-corrected chi connectivity index (χ4v) is 3.96. The molecule has 7 heteroatoms. The maximum atomic E-state index is 12.7. The second-order valence-electron chi connectivity index (χ2n) is 5.72. The Hall–Kier alpha value is -2.83. The summed E-state index contributed by atoms with van der Waals surface area (Å²) >= 11 is 7.41. The van der Waals surface area contributed by atoms with Crippen molar-refractivity contribution in [2.45, 2.75) is 0 Å². The van der Waals surface area contributed by atoms with Gasteiger partial charge >= 0.3 is 5.63 Å². The summed E-state index contributed by atoms with van der Waals surface area (Å²) in [5.41, 5.74) is 1.78. The van der Waals surface area contributed by atoms with Gasteiger partial charge in [-0.15, -0.1) is 11.3 Å². The summed E-state index contributed by atoms with van der Waals surface area (Å²) in [6.45, 7) is 0. The van der Waals surface area contributed by atoms with Gasteiger partial charge in [0.1, 0.15) is 10.2 Å². The minimum Gasteiger partial charge on any atom is -0.493 e. The maximum absolute atomic E-state index is 12.7. The minimum atomic E-state index is -0.444. The van der Waals surface area contributed by atoms with Gasteiger partial charge in [0.25, 0.3) is 0 Å². The Kier molecular flexibility index (Phi) is 4.59. The van der Waals surface area contributed by atoms with Gasteiger partial charge in [-0.05, 0) is 35.9 Å². The Morgan fingerprint density at radius 1 is 1.04 bits per heavy atom. The lowest BCUT2D eigenvalue weighted by atomic mass is 10.1. The predicted molar refractivity (Wildman–Crippen MR) is 107 cm³/mol. The Balaban J connectivity index is 1.87. The van der Waals surface area contributed by atoms with E-state index in [9.17, 15) is 4.79 Å². The van der Waals surface area contributed by atoms with Crippen molar-refractivity contribution in [2.24, 2.45) is 0 Å². The summed E-state index contributed by atoms with van der Waals surface area (Å²) in [4.78, 5) is 17.8. The molecule has 0 aliphatic heterocycles. The highest BCUT2D eigenvalue weighted by Crippen LogP contribution is 2.37. The fourth-order valence-electron chi connectivity index (χ4n) is 2.84. The average Bonchev–Trinajstić information content (AvgIpc) is 3.12. The van der Waals surface area contributed by atoms with Crippen molar-refractivity contribution in [3.05, 3.63) is 63.3 Å². The van der Waals surface area contributed by atoms with Crippen molar-refractivity contribution in [1.29, 1.82) is 0 Å². The molecule has 0 saturated heterocycles. The molecule has 0 N–H and O–H groups in total. The standard InChI is InChI=1S/C20H14ClNO4S/c1-24-15-7-6-11(9-16(15)25-2)14-10-27-19-17(14)20(23)26-18(22-19)12-4-3-5-13(21)8-12/h3-10H,1-2H3. The van der Waals surface area contributed by atoms with Gasteiger partial charge in [0.2, 0.25) is 5.89 Å². The number of rotatable bonds is 4. The molecule has 136 valence electrons. The molecule has 2 aromatic heterocycles. The van der Waals surface area contributed by atoms with Crippen molar-refractivity contribution >= 4 is 33.2 Å². The normalized spacial score (nSPS) is 10.9.